The maximum absolute atomic E-state index is 12.6. The summed E-state index contributed by atoms with van der Waals surface area (Å²) < 4.78 is 0. The lowest BCUT2D eigenvalue weighted by Crippen LogP contribution is -2.56. The third-order valence-electron chi connectivity index (χ3n) is 5.35. The van der Waals surface area contributed by atoms with Crippen LogP contribution in [0, 0.1) is 5.92 Å². The second-order valence-electron chi connectivity index (χ2n) is 6.57. The van der Waals surface area contributed by atoms with Gasteiger partial charge < -0.3 is 10.2 Å². The van der Waals surface area contributed by atoms with Crippen molar-refractivity contribution in [3.05, 3.63) is 35.9 Å². The highest BCUT2D eigenvalue weighted by Gasteiger charge is 2.51. The monoisotopic (exact) mass is 315 g/mol. The van der Waals surface area contributed by atoms with Crippen LogP contribution in [0.5, 0.6) is 0 Å². The van der Waals surface area contributed by atoms with Crippen LogP contribution < -0.4 is 10.6 Å². The van der Waals surface area contributed by atoms with Crippen LogP contribution >= 0.6 is 0 Å². The van der Waals surface area contributed by atoms with Crippen molar-refractivity contribution >= 4 is 11.9 Å². The molecule has 2 aliphatic rings. The first kappa shape index (κ1) is 16.0. The summed E-state index contributed by atoms with van der Waals surface area (Å²) in [6.45, 7) is 5.20. The third-order valence-corrected chi connectivity index (χ3v) is 5.35. The number of imide groups is 1. The minimum Gasteiger partial charge on any atom is -0.323 e. The molecule has 0 aliphatic carbocycles. The van der Waals surface area contributed by atoms with Crippen LogP contribution in [0.2, 0.25) is 0 Å². The fraction of sp³-hybridized carbons (Fsp3) is 0.556. The van der Waals surface area contributed by atoms with Gasteiger partial charge in [0.2, 0.25) is 0 Å². The van der Waals surface area contributed by atoms with Crippen LogP contribution in [0.3, 0.4) is 0 Å². The Balaban J connectivity index is 1.75. The van der Waals surface area contributed by atoms with E-state index in [1.54, 1.807) is 0 Å². The van der Waals surface area contributed by atoms with E-state index in [2.05, 4.69) is 34.6 Å². The highest BCUT2D eigenvalue weighted by Crippen LogP contribution is 2.34. The van der Waals surface area contributed by atoms with Crippen LogP contribution in [0.15, 0.2) is 30.3 Å². The molecule has 0 aromatic heterocycles. The summed E-state index contributed by atoms with van der Waals surface area (Å²) in [4.78, 5) is 26.8. The fourth-order valence-corrected chi connectivity index (χ4v) is 3.90. The van der Waals surface area contributed by atoms with Gasteiger partial charge in [-0.1, -0.05) is 37.3 Å². The van der Waals surface area contributed by atoms with Crippen molar-refractivity contribution in [1.29, 1.82) is 0 Å². The molecule has 3 amide bonds. The Morgan fingerprint density at radius 2 is 1.87 bits per heavy atom. The molecule has 0 spiro atoms. The lowest BCUT2D eigenvalue weighted by Gasteiger charge is -2.40. The molecular weight excluding hydrogens is 290 g/mol. The fourth-order valence-electron chi connectivity index (χ4n) is 3.90. The molecule has 2 N–H and O–H groups in total. The van der Waals surface area contributed by atoms with Crippen molar-refractivity contribution in [2.24, 2.45) is 5.92 Å². The van der Waals surface area contributed by atoms with Crippen molar-refractivity contribution in [3.8, 4) is 0 Å². The van der Waals surface area contributed by atoms with E-state index in [-0.39, 0.29) is 17.9 Å². The summed E-state index contributed by atoms with van der Waals surface area (Å²) in [5, 5.41) is 5.44. The standard InChI is InChI=1S/C18H25N3O2/c1-2-21-12-9-15(10-13-21)18(16(22)19-17(23)20-18)11-8-14-6-4-3-5-7-14/h3-7,15H,2,8-13H2,1H3,(H2,19,20,22,23)/t18-/m0/s1. The van der Waals surface area contributed by atoms with E-state index >= 15 is 0 Å². The quantitative estimate of drug-likeness (QED) is 0.816. The summed E-state index contributed by atoms with van der Waals surface area (Å²) in [5.74, 6) is 0.0637. The Hall–Kier alpha value is -1.88. The molecule has 0 bridgehead atoms. The Bertz CT molecular complexity index is 567. The predicted molar refractivity (Wildman–Crippen MR) is 89.0 cm³/mol. The highest BCUT2D eigenvalue weighted by molar-refractivity contribution is 6.07. The summed E-state index contributed by atoms with van der Waals surface area (Å²) >= 11 is 0. The molecule has 2 fully saturated rings. The number of carbonyl (C=O) groups excluding carboxylic acids is 2. The summed E-state index contributed by atoms with van der Waals surface area (Å²) in [6, 6.07) is 9.80. The molecule has 5 heteroatoms. The van der Waals surface area contributed by atoms with Crippen LogP contribution in [-0.2, 0) is 11.2 Å². The topological polar surface area (TPSA) is 61.4 Å². The number of nitrogens with one attached hydrogen (secondary N) is 2. The third kappa shape index (κ3) is 3.24. The summed E-state index contributed by atoms with van der Waals surface area (Å²) in [5.41, 5.74) is 0.457. The lowest BCUT2D eigenvalue weighted by atomic mass is 9.74. The number of urea groups is 1. The summed E-state index contributed by atoms with van der Waals surface area (Å²) in [7, 11) is 0. The van der Waals surface area contributed by atoms with Crippen molar-refractivity contribution in [3.63, 3.8) is 0 Å². The number of hydrogen-bond donors (Lipinski definition) is 2. The van der Waals surface area contributed by atoms with Gasteiger partial charge in [-0.05, 0) is 56.8 Å². The van der Waals surface area contributed by atoms with Crippen molar-refractivity contribution in [2.75, 3.05) is 19.6 Å². The molecule has 124 valence electrons. The SMILES string of the molecule is CCN1CCC([C@]2(CCc3ccccc3)NC(=O)NC2=O)CC1. The Morgan fingerprint density at radius 1 is 1.17 bits per heavy atom. The van der Waals surface area contributed by atoms with E-state index in [4.69, 9.17) is 0 Å². The maximum Gasteiger partial charge on any atom is 0.322 e. The van der Waals surface area contributed by atoms with E-state index in [0.29, 0.717) is 6.42 Å². The van der Waals surface area contributed by atoms with Crippen LogP contribution in [0.25, 0.3) is 0 Å². The second kappa shape index (κ2) is 6.71. The van der Waals surface area contributed by atoms with Gasteiger partial charge in [0.05, 0.1) is 0 Å². The van der Waals surface area contributed by atoms with Crippen LogP contribution in [0.1, 0.15) is 31.7 Å². The number of nitrogens with zero attached hydrogens (tertiary/aromatic N) is 1. The van der Waals surface area contributed by atoms with E-state index in [1.807, 2.05) is 18.2 Å². The number of amides is 3. The van der Waals surface area contributed by atoms with Gasteiger partial charge >= 0.3 is 6.03 Å². The molecule has 1 aromatic carbocycles. The van der Waals surface area contributed by atoms with E-state index in [9.17, 15) is 9.59 Å². The molecule has 23 heavy (non-hydrogen) atoms. The number of hydrogen-bond acceptors (Lipinski definition) is 3. The average molecular weight is 315 g/mol. The van der Waals surface area contributed by atoms with E-state index < -0.39 is 5.54 Å². The van der Waals surface area contributed by atoms with Gasteiger partial charge in [-0.15, -0.1) is 0 Å². The number of carbonyl (C=O) groups is 2. The second-order valence-corrected chi connectivity index (χ2v) is 6.57. The Morgan fingerprint density at radius 3 is 2.43 bits per heavy atom. The summed E-state index contributed by atoms with van der Waals surface area (Å²) in [6.07, 6.45) is 3.36. The molecule has 1 aromatic rings. The Kier molecular flexibility index (Phi) is 4.66. The van der Waals surface area contributed by atoms with Gasteiger partial charge in [-0.2, -0.15) is 0 Å². The van der Waals surface area contributed by atoms with E-state index in [1.165, 1.54) is 5.56 Å². The number of piperidine rings is 1. The Labute approximate surface area is 137 Å². The number of likely N-dealkylation sites (tertiary alicyclic amines) is 1. The molecular formula is C18H25N3O2. The maximum atomic E-state index is 12.6. The number of benzene rings is 1. The predicted octanol–water partition coefficient (Wildman–Crippen LogP) is 1.93. The number of rotatable bonds is 5. The van der Waals surface area contributed by atoms with Gasteiger partial charge in [-0.25, -0.2) is 4.79 Å². The first-order chi connectivity index (χ1) is 11.1. The molecule has 2 heterocycles. The van der Waals surface area contributed by atoms with Crippen molar-refractivity contribution < 1.29 is 9.59 Å². The molecule has 3 rings (SSSR count). The first-order valence-electron chi connectivity index (χ1n) is 8.54. The molecule has 0 saturated carbocycles. The van der Waals surface area contributed by atoms with Crippen LogP contribution in [-0.4, -0.2) is 42.0 Å². The smallest absolute Gasteiger partial charge is 0.322 e. The van der Waals surface area contributed by atoms with Gasteiger partial charge in [0.15, 0.2) is 0 Å². The molecule has 1 atom stereocenters. The molecule has 2 saturated heterocycles. The zero-order chi connectivity index (χ0) is 16.3. The molecule has 0 radical (unpaired) electrons. The van der Waals surface area contributed by atoms with Crippen molar-refractivity contribution in [1.82, 2.24) is 15.5 Å². The molecule has 5 nitrogen and oxygen atoms in total. The number of aryl methyl sites for hydroxylation is 1. The highest BCUT2D eigenvalue weighted by atomic mass is 16.2. The zero-order valence-electron chi connectivity index (χ0n) is 13.7. The lowest BCUT2D eigenvalue weighted by molar-refractivity contribution is -0.127. The van der Waals surface area contributed by atoms with Crippen LogP contribution in [0.4, 0.5) is 4.79 Å². The minimum atomic E-state index is -0.743. The van der Waals surface area contributed by atoms with Gasteiger partial charge in [0.1, 0.15) is 5.54 Å². The average Bonchev–Trinajstić information content (AvgIpc) is 2.88. The van der Waals surface area contributed by atoms with Gasteiger partial charge in [-0.3, -0.25) is 10.1 Å². The largest absolute Gasteiger partial charge is 0.323 e. The minimum absolute atomic E-state index is 0.145. The van der Waals surface area contributed by atoms with Gasteiger partial charge in [0.25, 0.3) is 5.91 Å². The van der Waals surface area contributed by atoms with Crippen molar-refractivity contribution in [2.45, 2.75) is 38.1 Å². The van der Waals surface area contributed by atoms with E-state index in [0.717, 1.165) is 38.9 Å². The molecule has 2 aliphatic heterocycles. The zero-order valence-corrected chi connectivity index (χ0v) is 13.7. The first-order valence-corrected chi connectivity index (χ1v) is 8.54. The normalized spacial score (nSPS) is 26.1. The van der Waals surface area contributed by atoms with Gasteiger partial charge in [0, 0.05) is 0 Å². The molecule has 0 unspecified atom stereocenters.